The maximum Gasteiger partial charge on any atom is 0.354 e. The largest absolute Gasteiger partial charge is 0.477 e. The number of β-amino-alcohol motifs (C(OH)–C–C–N with tert-alkyl or cyclic N) is 1. The highest BCUT2D eigenvalue weighted by Gasteiger charge is 2.19. The number of aliphatic hydroxyl groups excluding tert-OH is 1. The minimum Gasteiger partial charge on any atom is -0.477 e. The van der Waals surface area contributed by atoms with Crippen LogP contribution < -0.4 is 4.90 Å². The topological polar surface area (TPSA) is 86.5 Å². The molecule has 1 atom stereocenters. The van der Waals surface area contributed by atoms with Gasteiger partial charge in [-0.05, 0) is 12.8 Å². The highest BCUT2D eigenvalue weighted by molar-refractivity contribution is 5.86. The van der Waals surface area contributed by atoms with Gasteiger partial charge in [-0.25, -0.2) is 14.8 Å². The summed E-state index contributed by atoms with van der Waals surface area (Å²) >= 11 is 0. The van der Waals surface area contributed by atoms with Gasteiger partial charge in [0.1, 0.15) is 12.1 Å². The number of aromatic nitrogens is 2. The molecule has 2 heterocycles. The molecular weight excluding hydrogens is 210 g/mol. The Kier molecular flexibility index (Phi) is 3.00. The van der Waals surface area contributed by atoms with Crippen LogP contribution in [-0.2, 0) is 0 Å². The number of anilines is 1. The lowest BCUT2D eigenvalue weighted by Crippen LogP contribution is -2.38. The summed E-state index contributed by atoms with van der Waals surface area (Å²) in [4.78, 5) is 20.3. The van der Waals surface area contributed by atoms with Crippen LogP contribution in [0.2, 0.25) is 0 Å². The maximum atomic E-state index is 10.7. The molecule has 0 bridgehead atoms. The molecule has 0 radical (unpaired) electrons. The van der Waals surface area contributed by atoms with E-state index in [0.717, 1.165) is 19.4 Å². The first-order valence-electron chi connectivity index (χ1n) is 5.15. The average molecular weight is 223 g/mol. The molecule has 1 aliphatic heterocycles. The van der Waals surface area contributed by atoms with E-state index in [4.69, 9.17) is 5.11 Å². The number of hydrogen-bond acceptors (Lipinski definition) is 5. The number of carboxylic acid groups (broad SMARTS) is 1. The fraction of sp³-hybridized carbons (Fsp3) is 0.500. The monoisotopic (exact) mass is 223 g/mol. The van der Waals surface area contributed by atoms with Gasteiger partial charge in [-0.15, -0.1) is 0 Å². The molecule has 1 aliphatic rings. The number of aliphatic hydroxyl groups is 1. The first-order chi connectivity index (χ1) is 7.66. The standard InChI is InChI=1S/C10H13N3O3/c14-7-2-1-3-13(5-7)9-4-8(10(15)16)11-6-12-9/h4,6-7,14H,1-3,5H2,(H,15,16)/t7-/m1/s1. The van der Waals surface area contributed by atoms with Gasteiger partial charge in [-0.3, -0.25) is 0 Å². The first-order valence-corrected chi connectivity index (χ1v) is 5.15. The lowest BCUT2D eigenvalue weighted by molar-refractivity contribution is 0.0690. The first kappa shape index (κ1) is 10.8. The van der Waals surface area contributed by atoms with E-state index in [1.165, 1.54) is 12.4 Å². The van der Waals surface area contributed by atoms with E-state index in [1.54, 1.807) is 0 Å². The molecule has 0 aliphatic carbocycles. The molecule has 86 valence electrons. The van der Waals surface area contributed by atoms with Crippen molar-refractivity contribution in [2.75, 3.05) is 18.0 Å². The minimum atomic E-state index is -1.07. The zero-order valence-corrected chi connectivity index (χ0v) is 8.70. The predicted octanol–water partition coefficient (Wildman–Crippen LogP) is 0.136. The normalized spacial score (nSPS) is 20.8. The van der Waals surface area contributed by atoms with Crippen LogP contribution in [0.3, 0.4) is 0 Å². The van der Waals surface area contributed by atoms with Crippen molar-refractivity contribution in [1.29, 1.82) is 0 Å². The van der Waals surface area contributed by atoms with E-state index >= 15 is 0 Å². The second-order valence-electron chi connectivity index (χ2n) is 3.81. The summed E-state index contributed by atoms with van der Waals surface area (Å²) in [6, 6.07) is 1.43. The van der Waals surface area contributed by atoms with Crippen LogP contribution >= 0.6 is 0 Å². The fourth-order valence-electron chi connectivity index (χ4n) is 1.80. The summed E-state index contributed by atoms with van der Waals surface area (Å²) < 4.78 is 0. The molecule has 0 amide bonds. The molecule has 1 aromatic heterocycles. The van der Waals surface area contributed by atoms with E-state index < -0.39 is 5.97 Å². The molecular formula is C10H13N3O3. The molecule has 2 rings (SSSR count). The minimum absolute atomic E-state index is 0.0231. The summed E-state index contributed by atoms with van der Waals surface area (Å²) in [6.45, 7) is 1.28. The van der Waals surface area contributed by atoms with Gasteiger partial charge in [0.15, 0.2) is 5.69 Å². The zero-order valence-electron chi connectivity index (χ0n) is 8.70. The number of aromatic carboxylic acids is 1. The molecule has 6 heteroatoms. The van der Waals surface area contributed by atoms with E-state index in [1.807, 2.05) is 4.90 Å². The van der Waals surface area contributed by atoms with Crippen molar-refractivity contribution in [3.05, 3.63) is 18.1 Å². The third kappa shape index (κ3) is 2.27. The van der Waals surface area contributed by atoms with E-state index in [0.29, 0.717) is 12.4 Å². The lowest BCUT2D eigenvalue weighted by Gasteiger charge is -2.30. The molecule has 1 fully saturated rings. The number of hydrogen-bond donors (Lipinski definition) is 2. The van der Waals surface area contributed by atoms with Crippen molar-refractivity contribution in [1.82, 2.24) is 9.97 Å². The van der Waals surface area contributed by atoms with Crippen LogP contribution in [0.1, 0.15) is 23.3 Å². The van der Waals surface area contributed by atoms with Crippen LogP contribution in [-0.4, -0.2) is 45.3 Å². The number of piperidine rings is 1. The van der Waals surface area contributed by atoms with Crippen molar-refractivity contribution >= 4 is 11.8 Å². The molecule has 1 saturated heterocycles. The van der Waals surface area contributed by atoms with Crippen molar-refractivity contribution in [2.45, 2.75) is 18.9 Å². The third-order valence-electron chi connectivity index (χ3n) is 2.59. The van der Waals surface area contributed by atoms with E-state index in [9.17, 15) is 9.90 Å². The Morgan fingerprint density at radius 2 is 2.31 bits per heavy atom. The Hall–Kier alpha value is -1.69. The molecule has 16 heavy (non-hydrogen) atoms. The average Bonchev–Trinajstić information content (AvgIpc) is 2.29. The summed E-state index contributed by atoms with van der Waals surface area (Å²) in [5.41, 5.74) is -0.0231. The number of carboxylic acids is 1. The van der Waals surface area contributed by atoms with E-state index in [-0.39, 0.29) is 11.8 Å². The molecule has 0 saturated carbocycles. The highest BCUT2D eigenvalue weighted by atomic mass is 16.4. The zero-order chi connectivity index (χ0) is 11.5. The second-order valence-corrected chi connectivity index (χ2v) is 3.81. The number of carbonyl (C=O) groups is 1. The summed E-state index contributed by atoms with van der Waals surface area (Å²) in [6.07, 6.45) is 2.54. The highest BCUT2D eigenvalue weighted by Crippen LogP contribution is 2.17. The Morgan fingerprint density at radius 3 is 3.00 bits per heavy atom. The van der Waals surface area contributed by atoms with Gasteiger partial charge in [0, 0.05) is 19.2 Å². The SMILES string of the molecule is O=C(O)c1cc(N2CCC[C@@H](O)C2)ncn1. The van der Waals surface area contributed by atoms with Crippen molar-refractivity contribution in [2.24, 2.45) is 0 Å². The Balaban J connectivity index is 2.19. The van der Waals surface area contributed by atoms with Crippen LogP contribution in [0, 0.1) is 0 Å². The van der Waals surface area contributed by atoms with Crippen molar-refractivity contribution < 1.29 is 15.0 Å². The summed E-state index contributed by atoms with van der Waals surface area (Å²) in [5, 5.41) is 18.3. The van der Waals surface area contributed by atoms with E-state index in [2.05, 4.69) is 9.97 Å². The van der Waals surface area contributed by atoms with Gasteiger partial charge in [0.25, 0.3) is 0 Å². The van der Waals surface area contributed by atoms with Gasteiger partial charge < -0.3 is 15.1 Å². The number of nitrogens with zero attached hydrogens (tertiary/aromatic N) is 3. The van der Waals surface area contributed by atoms with Gasteiger partial charge in [-0.1, -0.05) is 0 Å². The Labute approximate surface area is 92.6 Å². The van der Waals surface area contributed by atoms with Gasteiger partial charge >= 0.3 is 5.97 Å². The van der Waals surface area contributed by atoms with Gasteiger partial charge in [0.2, 0.25) is 0 Å². The molecule has 6 nitrogen and oxygen atoms in total. The molecule has 2 N–H and O–H groups in total. The Morgan fingerprint density at radius 1 is 1.50 bits per heavy atom. The summed E-state index contributed by atoms with van der Waals surface area (Å²) in [7, 11) is 0. The van der Waals surface area contributed by atoms with Crippen molar-refractivity contribution in [3.8, 4) is 0 Å². The quantitative estimate of drug-likeness (QED) is 0.741. The van der Waals surface area contributed by atoms with Crippen LogP contribution in [0.5, 0.6) is 0 Å². The number of rotatable bonds is 2. The molecule has 0 aromatic carbocycles. The second kappa shape index (κ2) is 4.44. The van der Waals surface area contributed by atoms with Crippen molar-refractivity contribution in [3.63, 3.8) is 0 Å². The van der Waals surface area contributed by atoms with Gasteiger partial charge in [0.05, 0.1) is 6.10 Å². The van der Waals surface area contributed by atoms with Crippen LogP contribution in [0.15, 0.2) is 12.4 Å². The molecule has 0 spiro atoms. The molecule has 1 aromatic rings. The lowest BCUT2D eigenvalue weighted by atomic mass is 10.1. The summed E-state index contributed by atoms with van der Waals surface area (Å²) in [5.74, 6) is -0.507. The van der Waals surface area contributed by atoms with Crippen LogP contribution in [0.4, 0.5) is 5.82 Å². The molecule has 0 unspecified atom stereocenters. The Bertz CT molecular complexity index is 397. The van der Waals surface area contributed by atoms with Gasteiger partial charge in [-0.2, -0.15) is 0 Å². The smallest absolute Gasteiger partial charge is 0.354 e. The third-order valence-corrected chi connectivity index (χ3v) is 2.59. The predicted molar refractivity (Wildman–Crippen MR) is 56.4 cm³/mol. The maximum absolute atomic E-state index is 10.7. The fourth-order valence-corrected chi connectivity index (χ4v) is 1.80. The van der Waals surface area contributed by atoms with Crippen LogP contribution in [0.25, 0.3) is 0 Å².